The smallest absolute Gasteiger partial charge is 0.306 e. The molecule has 5 nitrogen and oxygen atoms in total. The number of rotatable bonds is 52. The third kappa shape index (κ3) is 56.9. The molecule has 0 saturated heterocycles. The van der Waals surface area contributed by atoms with Crippen LogP contribution in [0.25, 0.3) is 0 Å². The molecule has 0 aromatic rings. The third-order valence-electron chi connectivity index (χ3n) is 12.0. The quantitative estimate of drug-likeness (QED) is 0.0345. The van der Waals surface area contributed by atoms with E-state index in [0.717, 1.165) is 122 Å². The van der Waals surface area contributed by atoms with Gasteiger partial charge in [0.25, 0.3) is 0 Å². The fourth-order valence-corrected chi connectivity index (χ4v) is 7.63. The molecule has 1 unspecified atom stereocenters. The van der Waals surface area contributed by atoms with Gasteiger partial charge in [0, 0.05) is 19.4 Å². The van der Waals surface area contributed by atoms with Crippen molar-refractivity contribution in [1.82, 2.24) is 0 Å². The number of carbonyl (C=O) groups is 2. The molecule has 0 radical (unpaired) electrons. The molecule has 0 amide bonds. The van der Waals surface area contributed by atoms with Gasteiger partial charge in [0.15, 0.2) is 6.10 Å². The maximum Gasteiger partial charge on any atom is 0.306 e. The zero-order valence-corrected chi connectivity index (χ0v) is 45.7. The first-order valence-corrected chi connectivity index (χ1v) is 29.1. The van der Waals surface area contributed by atoms with Gasteiger partial charge in [-0.2, -0.15) is 0 Å². The van der Waals surface area contributed by atoms with E-state index in [1.165, 1.54) is 96.3 Å². The van der Waals surface area contributed by atoms with Crippen LogP contribution >= 0.6 is 0 Å². The van der Waals surface area contributed by atoms with E-state index in [9.17, 15) is 9.59 Å². The maximum absolute atomic E-state index is 12.9. The van der Waals surface area contributed by atoms with E-state index in [4.69, 9.17) is 14.2 Å². The highest BCUT2D eigenvalue weighted by Gasteiger charge is 2.17. The highest BCUT2D eigenvalue weighted by molar-refractivity contribution is 5.70. The molecule has 0 fully saturated rings. The minimum Gasteiger partial charge on any atom is -0.462 e. The van der Waals surface area contributed by atoms with Crippen molar-refractivity contribution in [3.63, 3.8) is 0 Å². The molecule has 0 aromatic carbocycles. The van der Waals surface area contributed by atoms with Crippen LogP contribution in [0.15, 0.2) is 122 Å². The molecule has 0 aliphatic carbocycles. The molecular weight excluding hydrogens is 861 g/mol. The molecule has 0 heterocycles. The number of ether oxygens (including phenoxy) is 3. The first-order valence-electron chi connectivity index (χ1n) is 29.1. The average molecular weight is 970 g/mol. The van der Waals surface area contributed by atoms with Crippen molar-refractivity contribution in [2.24, 2.45) is 0 Å². The van der Waals surface area contributed by atoms with E-state index in [1.807, 2.05) is 0 Å². The first-order chi connectivity index (χ1) is 34.6. The Balaban J connectivity index is 4.42. The van der Waals surface area contributed by atoms with E-state index >= 15 is 0 Å². The highest BCUT2D eigenvalue weighted by Crippen LogP contribution is 2.13. The second-order valence-electron chi connectivity index (χ2n) is 18.8. The van der Waals surface area contributed by atoms with Crippen LogP contribution in [-0.2, 0) is 23.8 Å². The number of hydrogen-bond acceptors (Lipinski definition) is 5. The summed E-state index contributed by atoms with van der Waals surface area (Å²) in [6.45, 7) is 7.54. The lowest BCUT2D eigenvalue weighted by Gasteiger charge is -2.18. The molecule has 70 heavy (non-hydrogen) atoms. The molecular formula is C65H108O5. The summed E-state index contributed by atoms with van der Waals surface area (Å²) in [4.78, 5) is 25.5. The predicted molar refractivity (Wildman–Crippen MR) is 306 cm³/mol. The minimum absolute atomic E-state index is 0.0506. The highest BCUT2D eigenvalue weighted by atomic mass is 16.6. The summed E-state index contributed by atoms with van der Waals surface area (Å²) in [6, 6.07) is 0. The number of esters is 2. The number of allylic oxidation sites excluding steroid dienone is 20. The summed E-state index contributed by atoms with van der Waals surface area (Å²) < 4.78 is 17.4. The summed E-state index contributed by atoms with van der Waals surface area (Å²) in [7, 11) is 0. The van der Waals surface area contributed by atoms with Gasteiger partial charge in [0.1, 0.15) is 6.61 Å². The summed E-state index contributed by atoms with van der Waals surface area (Å²) >= 11 is 0. The van der Waals surface area contributed by atoms with Gasteiger partial charge in [-0.05, 0) is 135 Å². The molecule has 398 valence electrons. The topological polar surface area (TPSA) is 61.8 Å². The zero-order valence-electron chi connectivity index (χ0n) is 45.7. The van der Waals surface area contributed by atoms with Gasteiger partial charge in [0.2, 0.25) is 0 Å². The number of hydrogen-bond donors (Lipinski definition) is 0. The summed E-state index contributed by atoms with van der Waals surface area (Å²) in [5.74, 6) is -0.448. The van der Waals surface area contributed by atoms with Crippen LogP contribution in [-0.4, -0.2) is 37.9 Å². The van der Waals surface area contributed by atoms with Gasteiger partial charge >= 0.3 is 11.9 Å². The SMILES string of the molecule is CC/C=C\C/C=C\C/C=C\C/C=C\C/C=C\CCCCOCC(COC(=O)CCCCCCCC/C=C\C/C=C\C/C=C\CCCCC)OC(=O)CCCCCCCCC/C=C\C/C=C\CCCCC. The molecule has 0 saturated carbocycles. The van der Waals surface area contributed by atoms with Crippen molar-refractivity contribution < 1.29 is 23.8 Å². The van der Waals surface area contributed by atoms with E-state index in [0.29, 0.717) is 19.4 Å². The Kier molecular flexibility index (Phi) is 56.5. The summed E-state index contributed by atoms with van der Waals surface area (Å²) in [5.41, 5.74) is 0. The van der Waals surface area contributed by atoms with Crippen LogP contribution in [0.3, 0.4) is 0 Å². The van der Waals surface area contributed by atoms with Gasteiger partial charge in [-0.1, -0.05) is 226 Å². The Labute approximate surface area is 433 Å². The van der Waals surface area contributed by atoms with Crippen molar-refractivity contribution >= 4 is 11.9 Å². The number of carbonyl (C=O) groups excluding carboxylic acids is 2. The molecule has 1 atom stereocenters. The molecule has 0 aliphatic rings. The molecule has 5 heteroatoms. The third-order valence-corrected chi connectivity index (χ3v) is 12.0. The molecule has 0 bridgehead atoms. The van der Waals surface area contributed by atoms with Crippen LogP contribution in [0.1, 0.15) is 252 Å². The standard InChI is InChI=1S/C65H108O5/c1-4-7-10-13-16-19-22-25-28-31-33-35-37-40-43-46-49-52-55-58-64(66)69-62-63(61-68-60-57-54-51-48-45-42-39-36-32-29-26-23-20-17-14-11-8-5-2)70-65(67)59-56-53-50-47-44-41-38-34-30-27-24-21-18-15-12-9-6-3/h8,11,16-21,25-30,33,35-36,39,45,48,63H,4-7,9-10,12-15,22-24,31-32,34,37-38,40-44,46-47,49-62H2,1-3H3/b11-8-,19-16-,20-17-,21-18-,28-25-,29-26-,30-27-,35-33-,39-36-,48-45-. The van der Waals surface area contributed by atoms with Gasteiger partial charge in [-0.3, -0.25) is 9.59 Å². The summed E-state index contributed by atoms with van der Waals surface area (Å²) in [6.07, 6.45) is 83.6. The van der Waals surface area contributed by atoms with Gasteiger partial charge in [-0.15, -0.1) is 0 Å². The van der Waals surface area contributed by atoms with Crippen molar-refractivity contribution in [3.8, 4) is 0 Å². The predicted octanol–water partition coefficient (Wildman–Crippen LogP) is 20.1. The number of unbranched alkanes of at least 4 members (excludes halogenated alkanes) is 21. The second-order valence-corrected chi connectivity index (χ2v) is 18.8. The normalized spacial score (nSPS) is 13.1. The molecule has 0 N–H and O–H groups in total. The lowest BCUT2D eigenvalue weighted by molar-refractivity contribution is -0.163. The lowest BCUT2D eigenvalue weighted by atomic mass is 10.1. The molecule has 0 aromatic heterocycles. The van der Waals surface area contributed by atoms with Gasteiger partial charge < -0.3 is 14.2 Å². The fourth-order valence-electron chi connectivity index (χ4n) is 7.63. The first kappa shape index (κ1) is 66.3. The minimum atomic E-state index is -0.578. The van der Waals surface area contributed by atoms with Crippen LogP contribution in [0, 0.1) is 0 Å². The molecule has 0 spiro atoms. The maximum atomic E-state index is 12.9. The lowest BCUT2D eigenvalue weighted by Crippen LogP contribution is -2.30. The van der Waals surface area contributed by atoms with Crippen LogP contribution < -0.4 is 0 Å². The largest absolute Gasteiger partial charge is 0.462 e. The Morgan fingerprint density at radius 3 is 1.03 bits per heavy atom. The average Bonchev–Trinajstić information content (AvgIpc) is 3.36. The Morgan fingerprint density at radius 1 is 0.329 bits per heavy atom. The second kappa shape index (κ2) is 59.6. The van der Waals surface area contributed by atoms with Gasteiger partial charge in [0.05, 0.1) is 6.61 Å². The Bertz CT molecular complexity index is 1420. The monoisotopic (exact) mass is 969 g/mol. The van der Waals surface area contributed by atoms with Crippen molar-refractivity contribution in [2.45, 2.75) is 258 Å². The molecule has 0 aliphatic heterocycles. The van der Waals surface area contributed by atoms with Crippen LogP contribution in [0.5, 0.6) is 0 Å². The van der Waals surface area contributed by atoms with Crippen molar-refractivity contribution in [3.05, 3.63) is 122 Å². The van der Waals surface area contributed by atoms with Crippen molar-refractivity contribution in [2.75, 3.05) is 19.8 Å². The van der Waals surface area contributed by atoms with Crippen LogP contribution in [0.2, 0.25) is 0 Å². The van der Waals surface area contributed by atoms with Crippen molar-refractivity contribution in [1.29, 1.82) is 0 Å². The zero-order chi connectivity index (χ0) is 50.6. The van der Waals surface area contributed by atoms with E-state index in [1.54, 1.807) is 0 Å². The van der Waals surface area contributed by atoms with E-state index < -0.39 is 6.10 Å². The van der Waals surface area contributed by atoms with Gasteiger partial charge in [-0.25, -0.2) is 0 Å². The Hall–Kier alpha value is -3.70. The Morgan fingerprint density at radius 2 is 0.643 bits per heavy atom. The van der Waals surface area contributed by atoms with E-state index in [2.05, 4.69) is 142 Å². The van der Waals surface area contributed by atoms with Crippen LogP contribution in [0.4, 0.5) is 0 Å². The summed E-state index contributed by atoms with van der Waals surface area (Å²) in [5, 5.41) is 0. The molecule has 0 rings (SSSR count). The van der Waals surface area contributed by atoms with E-state index in [-0.39, 0.29) is 25.2 Å². The fraction of sp³-hybridized carbons (Fsp3) is 0.662.